The number of carbonyl (C=O) groups is 3. The van der Waals surface area contributed by atoms with Crippen molar-refractivity contribution in [1.29, 1.82) is 0 Å². The zero-order valence-corrected chi connectivity index (χ0v) is 18.9. The van der Waals surface area contributed by atoms with Crippen LogP contribution in [0.5, 0.6) is 5.75 Å². The van der Waals surface area contributed by atoms with Gasteiger partial charge in [-0.15, -0.1) is 0 Å². The highest BCUT2D eigenvalue weighted by Gasteiger charge is 2.23. The molecule has 2 amide bonds. The molecule has 3 aromatic rings. The predicted molar refractivity (Wildman–Crippen MR) is 125 cm³/mol. The molecule has 10 nitrogen and oxygen atoms in total. The molecular formula is C24H28N4O6. The Labute approximate surface area is 196 Å². The minimum absolute atomic E-state index is 0.0161. The van der Waals surface area contributed by atoms with Crippen LogP contribution in [0.25, 0.3) is 11.0 Å². The number of amides is 2. The third-order valence-electron chi connectivity index (χ3n) is 5.67. The van der Waals surface area contributed by atoms with Crippen LogP contribution in [0, 0.1) is 5.92 Å². The van der Waals surface area contributed by atoms with Crippen LogP contribution < -0.4 is 10.1 Å². The molecule has 3 N–H and O–H groups in total. The van der Waals surface area contributed by atoms with Gasteiger partial charge in [0.05, 0.1) is 24.5 Å². The fraction of sp³-hybridized carbons (Fsp3) is 0.333. The number of urea groups is 1. The van der Waals surface area contributed by atoms with E-state index >= 15 is 0 Å². The Morgan fingerprint density at radius 2 is 1.68 bits per heavy atom. The van der Waals surface area contributed by atoms with Crippen LogP contribution in [-0.2, 0) is 22.7 Å². The molecule has 0 spiro atoms. The topological polar surface area (TPSA) is 134 Å². The summed E-state index contributed by atoms with van der Waals surface area (Å²) in [5.41, 5.74) is 3.29. The van der Waals surface area contributed by atoms with E-state index in [0.29, 0.717) is 12.5 Å². The average Bonchev–Trinajstić information content (AvgIpc) is 3.26. The number of rotatable bonds is 5. The molecule has 4 rings (SSSR count). The molecule has 0 aliphatic carbocycles. The summed E-state index contributed by atoms with van der Waals surface area (Å²) in [7, 11) is 1.65. The third kappa shape index (κ3) is 6.71. The molecule has 0 saturated carbocycles. The van der Waals surface area contributed by atoms with Gasteiger partial charge in [0, 0.05) is 26.2 Å². The predicted octanol–water partition coefficient (Wildman–Crippen LogP) is 2.82. The summed E-state index contributed by atoms with van der Waals surface area (Å²) in [6.07, 6.45) is 3.96. The maximum Gasteiger partial charge on any atom is 0.414 e. The molecule has 0 bridgehead atoms. The van der Waals surface area contributed by atoms with Crippen molar-refractivity contribution >= 4 is 29.0 Å². The van der Waals surface area contributed by atoms with E-state index < -0.39 is 11.9 Å². The van der Waals surface area contributed by atoms with Crippen molar-refractivity contribution in [1.82, 2.24) is 19.8 Å². The zero-order chi connectivity index (χ0) is 24.5. The molecule has 1 aromatic heterocycles. The second kappa shape index (κ2) is 11.7. The van der Waals surface area contributed by atoms with Crippen molar-refractivity contribution in [3.8, 4) is 5.75 Å². The summed E-state index contributed by atoms with van der Waals surface area (Å²) < 4.78 is 7.40. The molecule has 180 valence electrons. The van der Waals surface area contributed by atoms with Gasteiger partial charge in [0.2, 0.25) is 0 Å². The fourth-order valence-corrected chi connectivity index (χ4v) is 3.79. The Morgan fingerprint density at radius 3 is 2.29 bits per heavy atom. The van der Waals surface area contributed by atoms with E-state index in [1.54, 1.807) is 7.11 Å². The number of aliphatic carboxylic acids is 2. The molecule has 1 aliphatic rings. The molecule has 10 heteroatoms. The van der Waals surface area contributed by atoms with Gasteiger partial charge in [0.25, 0.3) is 0 Å². The quantitative estimate of drug-likeness (QED) is 0.490. The number of nitrogens with zero attached hydrogens (tertiary/aromatic N) is 3. The molecular weight excluding hydrogens is 440 g/mol. The zero-order valence-electron chi connectivity index (χ0n) is 18.9. The van der Waals surface area contributed by atoms with Crippen molar-refractivity contribution in [2.75, 3.05) is 20.2 Å². The third-order valence-corrected chi connectivity index (χ3v) is 5.67. The Kier molecular flexibility index (Phi) is 8.44. The number of fused-ring (bicyclic) bond motifs is 1. The van der Waals surface area contributed by atoms with Crippen LogP contribution in [0.3, 0.4) is 0 Å². The largest absolute Gasteiger partial charge is 0.497 e. The molecule has 0 atom stereocenters. The average molecular weight is 469 g/mol. The number of methoxy groups -OCH3 is 1. The van der Waals surface area contributed by atoms with Gasteiger partial charge in [-0.2, -0.15) is 0 Å². The van der Waals surface area contributed by atoms with Gasteiger partial charge in [0.1, 0.15) is 5.75 Å². The van der Waals surface area contributed by atoms with Crippen LogP contribution in [-0.4, -0.2) is 62.8 Å². The maximum atomic E-state index is 12.5. The number of ether oxygens (including phenoxy) is 1. The lowest BCUT2D eigenvalue weighted by Gasteiger charge is -2.32. The molecule has 1 aliphatic heterocycles. The van der Waals surface area contributed by atoms with Crippen molar-refractivity contribution < 1.29 is 29.3 Å². The fourth-order valence-electron chi connectivity index (χ4n) is 3.79. The lowest BCUT2D eigenvalue weighted by molar-refractivity contribution is -0.159. The Bertz CT molecular complexity index is 1110. The van der Waals surface area contributed by atoms with E-state index in [1.165, 1.54) is 5.52 Å². The molecule has 34 heavy (non-hydrogen) atoms. The van der Waals surface area contributed by atoms with Gasteiger partial charge >= 0.3 is 18.0 Å². The lowest BCUT2D eigenvalue weighted by Crippen LogP contribution is -2.44. The van der Waals surface area contributed by atoms with Crippen molar-refractivity contribution in [3.63, 3.8) is 0 Å². The number of hydrogen-bond acceptors (Lipinski definition) is 5. The first-order valence-corrected chi connectivity index (χ1v) is 10.9. The lowest BCUT2D eigenvalue weighted by atomic mass is 9.97. The Balaban J connectivity index is 0.000000481. The second-order valence-corrected chi connectivity index (χ2v) is 7.93. The van der Waals surface area contributed by atoms with E-state index in [-0.39, 0.29) is 6.03 Å². The van der Waals surface area contributed by atoms with E-state index in [0.717, 1.165) is 49.3 Å². The first-order chi connectivity index (χ1) is 16.4. The van der Waals surface area contributed by atoms with Gasteiger partial charge in [-0.25, -0.2) is 19.4 Å². The van der Waals surface area contributed by atoms with Crippen molar-refractivity contribution in [3.05, 3.63) is 60.4 Å². The van der Waals surface area contributed by atoms with E-state index in [9.17, 15) is 4.79 Å². The maximum absolute atomic E-state index is 12.5. The normalized spacial score (nSPS) is 13.6. The number of para-hydroxylation sites is 2. The monoisotopic (exact) mass is 468 g/mol. The number of aromatic nitrogens is 2. The van der Waals surface area contributed by atoms with E-state index in [1.807, 2.05) is 47.6 Å². The van der Waals surface area contributed by atoms with Crippen LogP contribution in [0.4, 0.5) is 4.79 Å². The van der Waals surface area contributed by atoms with Crippen LogP contribution in [0.1, 0.15) is 18.4 Å². The summed E-state index contributed by atoms with van der Waals surface area (Å²) in [6, 6.07) is 16.0. The van der Waals surface area contributed by atoms with Crippen molar-refractivity contribution in [2.45, 2.75) is 25.9 Å². The van der Waals surface area contributed by atoms with E-state index in [4.69, 9.17) is 24.5 Å². The van der Waals surface area contributed by atoms with Gasteiger partial charge in [0.15, 0.2) is 0 Å². The van der Waals surface area contributed by atoms with Gasteiger partial charge in [-0.1, -0.05) is 24.3 Å². The van der Waals surface area contributed by atoms with Gasteiger partial charge in [-0.05, 0) is 48.6 Å². The van der Waals surface area contributed by atoms with E-state index in [2.05, 4.69) is 27.0 Å². The summed E-state index contributed by atoms with van der Waals surface area (Å²) in [6.45, 7) is 3.09. The second-order valence-electron chi connectivity index (χ2n) is 7.93. The number of carboxylic acid groups (broad SMARTS) is 2. The van der Waals surface area contributed by atoms with Gasteiger partial charge < -0.3 is 29.7 Å². The molecule has 2 aromatic carbocycles. The number of likely N-dealkylation sites (tertiary alicyclic amines) is 1. The number of carboxylic acids is 2. The van der Waals surface area contributed by atoms with Crippen LogP contribution in [0.15, 0.2) is 54.9 Å². The van der Waals surface area contributed by atoms with Gasteiger partial charge in [-0.3, -0.25) is 0 Å². The van der Waals surface area contributed by atoms with Crippen LogP contribution in [0.2, 0.25) is 0 Å². The SMILES string of the molecule is COc1ccc(CNC(=O)N2CCC(Cn3cnc4ccccc43)CC2)cc1.O=C(O)C(=O)O. The summed E-state index contributed by atoms with van der Waals surface area (Å²) in [5.74, 6) is -2.25. The highest BCUT2D eigenvalue weighted by Crippen LogP contribution is 2.22. The number of nitrogens with one attached hydrogen (secondary N) is 1. The van der Waals surface area contributed by atoms with Crippen LogP contribution >= 0.6 is 0 Å². The number of hydrogen-bond donors (Lipinski definition) is 3. The number of piperidine rings is 1. The van der Waals surface area contributed by atoms with Crippen molar-refractivity contribution in [2.24, 2.45) is 5.92 Å². The number of benzene rings is 2. The molecule has 1 fully saturated rings. The minimum atomic E-state index is -1.82. The molecule has 0 unspecified atom stereocenters. The first kappa shape index (κ1) is 24.6. The first-order valence-electron chi connectivity index (χ1n) is 10.9. The molecule has 2 heterocycles. The summed E-state index contributed by atoms with van der Waals surface area (Å²) in [5, 5.41) is 17.8. The Hall–Kier alpha value is -4.08. The summed E-state index contributed by atoms with van der Waals surface area (Å²) in [4.78, 5) is 37.1. The highest BCUT2D eigenvalue weighted by molar-refractivity contribution is 6.27. The molecule has 1 saturated heterocycles. The highest BCUT2D eigenvalue weighted by atomic mass is 16.5. The standard InChI is InChI=1S/C22H26N4O2.C2H2O4/c1-28-19-8-6-17(7-9-19)14-23-22(27)25-12-10-18(11-13-25)15-26-16-24-20-4-2-3-5-21(20)26;3-1(4)2(5)6/h2-9,16,18H,10-15H2,1H3,(H,23,27);(H,3,4)(H,5,6). The molecule has 0 radical (unpaired) electrons. The Morgan fingerprint density at radius 1 is 1.03 bits per heavy atom. The number of carbonyl (C=O) groups excluding carboxylic acids is 1. The number of imidazole rings is 1. The minimum Gasteiger partial charge on any atom is -0.497 e. The summed E-state index contributed by atoms with van der Waals surface area (Å²) >= 11 is 0. The smallest absolute Gasteiger partial charge is 0.414 e.